The van der Waals surface area contributed by atoms with Crippen LogP contribution in [0.1, 0.15) is 51.9 Å². The van der Waals surface area contributed by atoms with Crippen LogP contribution < -0.4 is 10.1 Å². The van der Waals surface area contributed by atoms with E-state index in [0.717, 1.165) is 12.3 Å². The van der Waals surface area contributed by atoms with Crippen molar-refractivity contribution in [2.75, 3.05) is 6.54 Å². The number of para-hydroxylation sites is 1. The van der Waals surface area contributed by atoms with Crippen molar-refractivity contribution in [1.29, 1.82) is 0 Å². The molecular weight excluding hydrogens is 373 g/mol. The highest BCUT2D eigenvalue weighted by molar-refractivity contribution is 14.1. The molecule has 3 heteroatoms. The molecule has 1 spiro atoms. The van der Waals surface area contributed by atoms with Crippen LogP contribution >= 0.6 is 22.6 Å². The Morgan fingerprint density at radius 3 is 2.57 bits per heavy atom. The van der Waals surface area contributed by atoms with Gasteiger partial charge in [0.25, 0.3) is 0 Å². The lowest BCUT2D eigenvalue weighted by Crippen LogP contribution is -2.64. The molecule has 3 rings (SSSR count). The summed E-state index contributed by atoms with van der Waals surface area (Å²) in [5.41, 5.74) is 0.380. The second kappa shape index (κ2) is 6.86. The summed E-state index contributed by atoms with van der Waals surface area (Å²) in [6, 6.07) is 9.07. The van der Waals surface area contributed by atoms with Crippen LogP contribution in [0.25, 0.3) is 0 Å². The van der Waals surface area contributed by atoms with E-state index in [-0.39, 0.29) is 0 Å². The van der Waals surface area contributed by atoms with Gasteiger partial charge < -0.3 is 10.1 Å². The highest BCUT2D eigenvalue weighted by Gasteiger charge is 2.55. The first-order valence-corrected chi connectivity index (χ1v) is 9.49. The molecule has 0 bridgehead atoms. The first-order valence-electron chi connectivity index (χ1n) is 8.41. The number of hydrogen-bond acceptors (Lipinski definition) is 2. The lowest BCUT2D eigenvalue weighted by atomic mass is 9.57. The average molecular weight is 399 g/mol. The summed E-state index contributed by atoms with van der Waals surface area (Å²) in [4.78, 5) is 0. The molecule has 2 aliphatic carbocycles. The maximum Gasteiger partial charge on any atom is 0.133 e. The van der Waals surface area contributed by atoms with Crippen molar-refractivity contribution in [2.24, 2.45) is 5.41 Å². The van der Waals surface area contributed by atoms with Crippen molar-refractivity contribution in [3.05, 3.63) is 27.8 Å². The predicted octanol–water partition coefficient (Wildman–Crippen LogP) is 4.76. The number of rotatable bonds is 4. The molecule has 0 heterocycles. The molecule has 0 saturated heterocycles. The van der Waals surface area contributed by atoms with Crippen LogP contribution in [-0.2, 0) is 0 Å². The normalized spacial score (nSPS) is 27.9. The summed E-state index contributed by atoms with van der Waals surface area (Å²) in [6.07, 6.45) is 9.76. The first kappa shape index (κ1) is 15.6. The quantitative estimate of drug-likeness (QED) is 0.738. The van der Waals surface area contributed by atoms with E-state index >= 15 is 0 Å². The van der Waals surface area contributed by atoms with Crippen LogP contribution in [0, 0.1) is 8.99 Å². The summed E-state index contributed by atoms with van der Waals surface area (Å²) in [5, 5.41) is 3.72. The minimum atomic E-state index is 0.380. The van der Waals surface area contributed by atoms with Crippen molar-refractivity contribution in [2.45, 2.75) is 64.0 Å². The zero-order valence-electron chi connectivity index (χ0n) is 12.9. The Bertz CT molecular complexity index is 468. The summed E-state index contributed by atoms with van der Waals surface area (Å²) >= 11 is 2.38. The Morgan fingerprint density at radius 2 is 1.90 bits per heavy atom. The number of hydrogen-bond donors (Lipinski definition) is 1. The van der Waals surface area contributed by atoms with Crippen molar-refractivity contribution >= 4 is 22.6 Å². The van der Waals surface area contributed by atoms with Gasteiger partial charge in [-0.25, -0.2) is 0 Å². The lowest BCUT2D eigenvalue weighted by Gasteiger charge is -2.56. The molecule has 116 valence electrons. The lowest BCUT2D eigenvalue weighted by molar-refractivity contribution is -0.0903. The van der Waals surface area contributed by atoms with Gasteiger partial charge in [0.05, 0.1) is 3.57 Å². The fourth-order valence-corrected chi connectivity index (χ4v) is 4.71. The van der Waals surface area contributed by atoms with Gasteiger partial charge in [-0.05, 0) is 54.1 Å². The van der Waals surface area contributed by atoms with E-state index in [2.05, 4.69) is 59.1 Å². The van der Waals surface area contributed by atoms with Crippen LogP contribution in [0.3, 0.4) is 0 Å². The number of benzene rings is 1. The molecule has 2 atom stereocenters. The molecule has 0 amide bonds. The fourth-order valence-electron chi connectivity index (χ4n) is 4.20. The first-order chi connectivity index (χ1) is 10.3. The van der Waals surface area contributed by atoms with Crippen LogP contribution in [0.2, 0.25) is 0 Å². The van der Waals surface area contributed by atoms with Gasteiger partial charge in [-0.2, -0.15) is 0 Å². The van der Waals surface area contributed by atoms with E-state index in [0.29, 0.717) is 17.6 Å². The summed E-state index contributed by atoms with van der Waals surface area (Å²) in [6.45, 7) is 3.29. The van der Waals surface area contributed by atoms with Crippen molar-refractivity contribution in [3.8, 4) is 5.75 Å². The number of ether oxygens (including phenoxy) is 1. The zero-order chi connectivity index (χ0) is 14.7. The van der Waals surface area contributed by atoms with Gasteiger partial charge >= 0.3 is 0 Å². The highest BCUT2D eigenvalue weighted by Crippen LogP contribution is 2.52. The van der Waals surface area contributed by atoms with Crippen molar-refractivity contribution < 1.29 is 4.74 Å². The third-order valence-electron chi connectivity index (χ3n) is 5.38. The Morgan fingerprint density at radius 1 is 1.19 bits per heavy atom. The Balaban J connectivity index is 1.76. The fraction of sp³-hybridized carbons (Fsp3) is 0.667. The minimum Gasteiger partial charge on any atom is -0.489 e. The van der Waals surface area contributed by atoms with Gasteiger partial charge in [0.1, 0.15) is 11.9 Å². The van der Waals surface area contributed by atoms with Crippen molar-refractivity contribution in [3.63, 3.8) is 0 Å². The third-order valence-corrected chi connectivity index (χ3v) is 6.27. The second-order valence-corrected chi connectivity index (χ2v) is 7.69. The Labute approximate surface area is 142 Å². The topological polar surface area (TPSA) is 21.3 Å². The smallest absolute Gasteiger partial charge is 0.133 e. The second-order valence-electron chi connectivity index (χ2n) is 6.53. The summed E-state index contributed by atoms with van der Waals surface area (Å²) < 4.78 is 7.69. The van der Waals surface area contributed by atoms with Gasteiger partial charge in [-0.1, -0.05) is 44.7 Å². The zero-order valence-corrected chi connectivity index (χ0v) is 15.1. The number of halogens is 1. The molecule has 2 aliphatic rings. The van der Waals surface area contributed by atoms with E-state index in [1.54, 1.807) is 0 Å². The predicted molar refractivity (Wildman–Crippen MR) is 95.8 cm³/mol. The van der Waals surface area contributed by atoms with E-state index < -0.39 is 0 Å². The van der Waals surface area contributed by atoms with Crippen LogP contribution in [0.5, 0.6) is 5.75 Å². The van der Waals surface area contributed by atoms with E-state index in [4.69, 9.17) is 4.74 Å². The molecular formula is C18H26INO. The maximum atomic E-state index is 6.46. The van der Waals surface area contributed by atoms with Gasteiger partial charge in [0.2, 0.25) is 0 Å². The maximum absolute atomic E-state index is 6.46. The summed E-state index contributed by atoms with van der Waals surface area (Å²) in [5.74, 6) is 1.07. The largest absolute Gasteiger partial charge is 0.489 e. The van der Waals surface area contributed by atoms with Gasteiger partial charge in [-0.15, -0.1) is 0 Å². The molecule has 0 radical (unpaired) electrons. The van der Waals surface area contributed by atoms with Crippen molar-refractivity contribution in [1.82, 2.24) is 5.32 Å². The molecule has 1 aromatic carbocycles. The molecule has 2 saturated carbocycles. The van der Waals surface area contributed by atoms with Gasteiger partial charge in [-0.3, -0.25) is 0 Å². The summed E-state index contributed by atoms with van der Waals surface area (Å²) in [7, 11) is 0. The Hall–Kier alpha value is -0.290. The molecule has 0 aliphatic heterocycles. The molecule has 2 fully saturated rings. The molecule has 2 unspecified atom stereocenters. The van der Waals surface area contributed by atoms with Gasteiger partial charge in [0, 0.05) is 17.9 Å². The standard InChI is InChI=1S/C18H26INO/c1-2-20-16-13-17(18(16)11-7-3-4-8-12-18)21-15-10-6-5-9-14(15)19/h5-6,9-10,16-17,20H,2-4,7-8,11-13H2,1H3. The number of nitrogens with one attached hydrogen (secondary N) is 1. The average Bonchev–Trinajstić information content (AvgIpc) is 2.76. The SMILES string of the molecule is CCNC1CC(Oc2ccccc2I)C12CCCCCC2. The van der Waals surface area contributed by atoms with Crippen LogP contribution in [0.4, 0.5) is 0 Å². The molecule has 1 N–H and O–H groups in total. The minimum absolute atomic E-state index is 0.380. The van der Waals surface area contributed by atoms with E-state index in [9.17, 15) is 0 Å². The van der Waals surface area contributed by atoms with Crippen LogP contribution in [-0.4, -0.2) is 18.7 Å². The molecule has 0 aromatic heterocycles. The highest BCUT2D eigenvalue weighted by atomic mass is 127. The monoisotopic (exact) mass is 399 g/mol. The van der Waals surface area contributed by atoms with Crippen LogP contribution in [0.15, 0.2) is 24.3 Å². The molecule has 21 heavy (non-hydrogen) atoms. The molecule has 1 aromatic rings. The van der Waals surface area contributed by atoms with Gasteiger partial charge in [0.15, 0.2) is 0 Å². The molecule has 2 nitrogen and oxygen atoms in total. The van der Waals surface area contributed by atoms with E-state index in [1.807, 2.05) is 0 Å². The van der Waals surface area contributed by atoms with E-state index in [1.165, 1.54) is 48.5 Å². The Kier molecular flexibility index (Phi) is 5.10. The third kappa shape index (κ3) is 3.09.